The Morgan fingerprint density at radius 3 is 2.70 bits per heavy atom. The fraction of sp³-hybridized carbons (Fsp3) is 0.370. The first-order valence-corrected chi connectivity index (χ1v) is 11.7. The third-order valence-corrected chi connectivity index (χ3v) is 6.87. The first-order chi connectivity index (χ1) is 15.9. The number of Topliss-reactive ketones (excluding diaryl/α,β-unsaturated/α-hetero) is 1. The quantitative estimate of drug-likeness (QED) is 0.340. The normalized spacial score (nSPS) is 17.1. The van der Waals surface area contributed by atoms with Crippen molar-refractivity contribution in [2.24, 2.45) is 11.7 Å². The molecule has 0 bridgehead atoms. The second-order valence-electron chi connectivity index (χ2n) is 9.38. The first-order valence-electron chi connectivity index (χ1n) is 11.7. The average Bonchev–Trinajstić information content (AvgIpc) is 3.33. The molecule has 1 saturated carbocycles. The highest BCUT2D eigenvalue weighted by Crippen LogP contribution is 2.37. The predicted octanol–water partition coefficient (Wildman–Crippen LogP) is 5.02. The van der Waals surface area contributed by atoms with E-state index < -0.39 is 0 Å². The van der Waals surface area contributed by atoms with Gasteiger partial charge in [-0.05, 0) is 50.3 Å². The molecule has 33 heavy (non-hydrogen) atoms. The molecule has 3 heterocycles. The van der Waals surface area contributed by atoms with Crippen LogP contribution in [-0.2, 0) is 22.6 Å². The van der Waals surface area contributed by atoms with Crippen molar-refractivity contribution >= 4 is 28.4 Å². The van der Waals surface area contributed by atoms with E-state index in [4.69, 9.17) is 15.5 Å². The molecule has 2 aliphatic rings. The number of pyridine rings is 1. The maximum absolute atomic E-state index is 12.3. The molecule has 0 spiro atoms. The highest BCUT2D eigenvalue weighted by atomic mass is 16.5. The van der Waals surface area contributed by atoms with Gasteiger partial charge in [-0.15, -0.1) is 0 Å². The highest BCUT2D eigenvalue weighted by molar-refractivity contribution is 6.20. The molecular weight excluding hydrogens is 414 g/mol. The number of aromatic nitrogens is 2. The number of ether oxygens (including phenoxy) is 1. The molecule has 0 radical (unpaired) electrons. The van der Waals surface area contributed by atoms with Gasteiger partial charge in [0.2, 0.25) is 0 Å². The smallest absolute Gasteiger partial charge is 0.315 e. The minimum atomic E-state index is -0.217. The van der Waals surface area contributed by atoms with Crippen molar-refractivity contribution in [2.45, 2.75) is 58.9 Å². The average molecular weight is 444 g/mol. The molecule has 5 rings (SSSR count). The van der Waals surface area contributed by atoms with E-state index in [9.17, 15) is 9.59 Å². The van der Waals surface area contributed by atoms with Crippen molar-refractivity contribution in [3.05, 3.63) is 53.5 Å². The molecular formula is C27H29N3O3. The number of ketones is 1. The minimum Gasteiger partial charge on any atom is -0.426 e. The molecule has 2 aromatic heterocycles. The number of carbonyl (C=O) groups is 2. The van der Waals surface area contributed by atoms with Gasteiger partial charge in [-0.1, -0.05) is 31.4 Å². The molecule has 170 valence electrons. The van der Waals surface area contributed by atoms with Gasteiger partial charge in [0.1, 0.15) is 5.75 Å². The van der Waals surface area contributed by atoms with E-state index in [1.165, 1.54) is 39.0 Å². The van der Waals surface area contributed by atoms with Crippen LogP contribution in [0.15, 0.2) is 42.4 Å². The van der Waals surface area contributed by atoms with Crippen LogP contribution in [0.3, 0.4) is 0 Å². The zero-order chi connectivity index (χ0) is 23.1. The Morgan fingerprint density at radius 1 is 1.18 bits per heavy atom. The summed E-state index contributed by atoms with van der Waals surface area (Å²) in [5.41, 5.74) is 12.5. The lowest BCUT2D eigenvalue weighted by Crippen LogP contribution is -2.13. The summed E-state index contributed by atoms with van der Waals surface area (Å²) in [6.45, 7) is 4.20. The van der Waals surface area contributed by atoms with Gasteiger partial charge in [0.15, 0.2) is 5.78 Å². The number of fused-ring (bicyclic) bond motifs is 2. The largest absolute Gasteiger partial charge is 0.426 e. The van der Waals surface area contributed by atoms with Gasteiger partial charge >= 0.3 is 5.97 Å². The highest BCUT2D eigenvalue weighted by Gasteiger charge is 2.23. The van der Waals surface area contributed by atoms with Crippen LogP contribution in [0.4, 0.5) is 0 Å². The van der Waals surface area contributed by atoms with Crippen molar-refractivity contribution in [1.29, 1.82) is 0 Å². The van der Waals surface area contributed by atoms with Crippen LogP contribution in [-0.4, -0.2) is 21.3 Å². The van der Waals surface area contributed by atoms with E-state index in [2.05, 4.69) is 10.8 Å². The van der Waals surface area contributed by atoms with Gasteiger partial charge < -0.3 is 15.0 Å². The molecule has 0 amide bonds. The zero-order valence-electron chi connectivity index (χ0n) is 19.2. The van der Waals surface area contributed by atoms with Crippen LogP contribution in [0.2, 0.25) is 0 Å². The Balaban J connectivity index is 1.64. The minimum absolute atomic E-state index is 0.0674. The number of hydrogen-bond donors (Lipinski definition) is 1. The SMILES string of the molecule is CC(=O)C(=C(C)N)c1cnc2c(-c3ccc4c(c3)OC(=O)C4)cn(CC3CCCCC3)c2c1. The summed E-state index contributed by atoms with van der Waals surface area (Å²) in [7, 11) is 0. The second kappa shape index (κ2) is 8.50. The zero-order valence-corrected chi connectivity index (χ0v) is 19.2. The Morgan fingerprint density at radius 2 is 1.97 bits per heavy atom. The van der Waals surface area contributed by atoms with Crippen LogP contribution in [0.25, 0.3) is 27.7 Å². The van der Waals surface area contributed by atoms with E-state index >= 15 is 0 Å². The third kappa shape index (κ3) is 4.06. The van der Waals surface area contributed by atoms with E-state index in [1.807, 2.05) is 24.3 Å². The number of carbonyl (C=O) groups excluding carboxylic acids is 2. The number of allylic oxidation sites excluding steroid dienone is 2. The summed E-state index contributed by atoms with van der Waals surface area (Å²) in [5.74, 6) is 0.973. The first kappa shape index (κ1) is 21.4. The summed E-state index contributed by atoms with van der Waals surface area (Å²) in [6.07, 6.45) is 10.5. The van der Waals surface area contributed by atoms with Gasteiger partial charge in [0.25, 0.3) is 0 Å². The maximum Gasteiger partial charge on any atom is 0.315 e. The molecule has 0 saturated heterocycles. The molecule has 1 fully saturated rings. The molecule has 1 aromatic carbocycles. The number of esters is 1. The fourth-order valence-corrected chi connectivity index (χ4v) is 5.30. The van der Waals surface area contributed by atoms with Crippen molar-refractivity contribution in [3.63, 3.8) is 0 Å². The Hall–Kier alpha value is -3.41. The van der Waals surface area contributed by atoms with Gasteiger partial charge in [0, 0.05) is 46.9 Å². The van der Waals surface area contributed by atoms with Crippen LogP contribution < -0.4 is 10.5 Å². The van der Waals surface area contributed by atoms with Crippen molar-refractivity contribution in [3.8, 4) is 16.9 Å². The number of benzene rings is 1. The Bertz CT molecular complexity index is 1290. The van der Waals surface area contributed by atoms with Gasteiger partial charge in [-0.25, -0.2) is 0 Å². The number of nitrogens with zero attached hydrogens (tertiary/aromatic N) is 2. The van der Waals surface area contributed by atoms with E-state index in [0.717, 1.165) is 39.8 Å². The van der Waals surface area contributed by atoms with E-state index in [-0.39, 0.29) is 11.8 Å². The number of hydrogen-bond acceptors (Lipinski definition) is 5. The predicted molar refractivity (Wildman–Crippen MR) is 129 cm³/mol. The Labute approximate surface area is 193 Å². The molecule has 1 aliphatic heterocycles. The lowest BCUT2D eigenvalue weighted by molar-refractivity contribution is -0.131. The molecule has 6 nitrogen and oxygen atoms in total. The lowest BCUT2D eigenvalue weighted by atomic mass is 9.89. The monoisotopic (exact) mass is 443 g/mol. The number of nitrogens with two attached hydrogens (primary N) is 1. The van der Waals surface area contributed by atoms with Crippen LogP contribution >= 0.6 is 0 Å². The second-order valence-corrected chi connectivity index (χ2v) is 9.38. The van der Waals surface area contributed by atoms with Gasteiger partial charge in [-0.3, -0.25) is 14.6 Å². The van der Waals surface area contributed by atoms with Crippen molar-refractivity contribution < 1.29 is 14.3 Å². The third-order valence-electron chi connectivity index (χ3n) is 6.87. The molecule has 6 heteroatoms. The Kier molecular flexibility index (Phi) is 5.52. The molecule has 1 aliphatic carbocycles. The van der Waals surface area contributed by atoms with E-state index in [0.29, 0.717) is 29.4 Å². The van der Waals surface area contributed by atoms with Crippen LogP contribution in [0, 0.1) is 5.92 Å². The standard InChI is InChI=1S/C27H29N3O3/c1-16(28)26(17(2)31)21-10-23-27(29-13-21)22(15-30(23)14-18-6-4-3-5-7-18)19-8-9-20-12-25(32)33-24(20)11-19/h8-11,13,15,18H,3-7,12,14,28H2,1-2H3. The topological polar surface area (TPSA) is 87.2 Å². The summed E-state index contributed by atoms with van der Waals surface area (Å²) in [5, 5.41) is 0. The molecule has 3 aromatic rings. The summed E-state index contributed by atoms with van der Waals surface area (Å²) in [6, 6.07) is 7.96. The summed E-state index contributed by atoms with van der Waals surface area (Å²) < 4.78 is 7.67. The van der Waals surface area contributed by atoms with E-state index in [1.54, 1.807) is 13.1 Å². The molecule has 2 N–H and O–H groups in total. The molecule has 0 atom stereocenters. The fourth-order valence-electron chi connectivity index (χ4n) is 5.30. The van der Waals surface area contributed by atoms with Crippen molar-refractivity contribution in [2.75, 3.05) is 0 Å². The van der Waals surface area contributed by atoms with Crippen LogP contribution in [0.5, 0.6) is 5.75 Å². The van der Waals surface area contributed by atoms with Gasteiger partial charge in [-0.2, -0.15) is 0 Å². The molecule has 0 unspecified atom stereocenters. The summed E-state index contributed by atoms with van der Waals surface area (Å²) >= 11 is 0. The van der Waals surface area contributed by atoms with Crippen LogP contribution in [0.1, 0.15) is 57.1 Å². The van der Waals surface area contributed by atoms with Gasteiger partial charge in [0.05, 0.1) is 17.5 Å². The number of rotatable bonds is 5. The lowest BCUT2D eigenvalue weighted by Gasteiger charge is -2.22. The summed E-state index contributed by atoms with van der Waals surface area (Å²) in [4.78, 5) is 28.8. The van der Waals surface area contributed by atoms with Crippen molar-refractivity contribution in [1.82, 2.24) is 9.55 Å². The maximum atomic E-state index is 12.3.